The first-order chi connectivity index (χ1) is 9.08. The van der Waals surface area contributed by atoms with E-state index >= 15 is 0 Å². The van der Waals surface area contributed by atoms with Gasteiger partial charge in [-0.25, -0.2) is 9.97 Å². The second kappa shape index (κ2) is 4.91. The number of halogens is 3. The molecule has 0 radical (unpaired) electrons. The Balaban J connectivity index is 2.37. The van der Waals surface area contributed by atoms with Crippen molar-refractivity contribution in [1.29, 1.82) is 0 Å². The third-order valence-corrected chi connectivity index (χ3v) is 4.70. The summed E-state index contributed by atoms with van der Waals surface area (Å²) in [6.07, 6.45) is 0. The molecule has 1 aromatic carbocycles. The Labute approximate surface area is 129 Å². The highest BCUT2D eigenvalue weighted by atomic mass is 35.5. The molecule has 96 valence electrons. The van der Waals surface area contributed by atoms with E-state index in [1.165, 1.54) is 11.3 Å². The lowest BCUT2D eigenvalue weighted by molar-refractivity contribution is 1.23. The summed E-state index contributed by atoms with van der Waals surface area (Å²) in [7, 11) is 0. The van der Waals surface area contributed by atoms with Gasteiger partial charge in [0.15, 0.2) is 5.82 Å². The SMILES string of the molecule is Cc1ccc(Cl)c2c(Cl)nc(-c3sccc3Cl)nc12. The Morgan fingerprint density at radius 1 is 1.00 bits per heavy atom. The van der Waals surface area contributed by atoms with Gasteiger partial charge in [-0.1, -0.05) is 40.9 Å². The molecule has 2 heterocycles. The van der Waals surface area contributed by atoms with Crippen molar-refractivity contribution in [3.05, 3.63) is 44.3 Å². The van der Waals surface area contributed by atoms with E-state index in [2.05, 4.69) is 9.97 Å². The van der Waals surface area contributed by atoms with E-state index in [0.29, 0.717) is 26.4 Å². The predicted molar refractivity (Wildman–Crippen MR) is 82.6 cm³/mol. The number of hydrogen-bond acceptors (Lipinski definition) is 3. The fraction of sp³-hybridized carbons (Fsp3) is 0.0769. The molecule has 0 aliphatic heterocycles. The normalized spacial score (nSPS) is 11.2. The van der Waals surface area contributed by atoms with E-state index in [9.17, 15) is 0 Å². The van der Waals surface area contributed by atoms with Gasteiger partial charge in [0.05, 0.1) is 25.8 Å². The van der Waals surface area contributed by atoms with Gasteiger partial charge in [-0.2, -0.15) is 0 Å². The summed E-state index contributed by atoms with van der Waals surface area (Å²) in [5.41, 5.74) is 1.75. The maximum absolute atomic E-state index is 6.23. The van der Waals surface area contributed by atoms with Crippen molar-refractivity contribution in [3.63, 3.8) is 0 Å². The largest absolute Gasteiger partial charge is 0.227 e. The van der Waals surface area contributed by atoms with Crippen LogP contribution in [0.15, 0.2) is 23.6 Å². The Morgan fingerprint density at radius 3 is 2.47 bits per heavy atom. The second-order valence-electron chi connectivity index (χ2n) is 4.02. The first-order valence-corrected chi connectivity index (χ1v) is 7.45. The van der Waals surface area contributed by atoms with E-state index in [4.69, 9.17) is 34.8 Å². The summed E-state index contributed by atoms with van der Waals surface area (Å²) >= 11 is 20.0. The van der Waals surface area contributed by atoms with Gasteiger partial charge < -0.3 is 0 Å². The van der Waals surface area contributed by atoms with Gasteiger partial charge in [0.2, 0.25) is 0 Å². The van der Waals surface area contributed by atoms with Crippen LogP contribution >= 0.6 is 46.1 Å². The van der Waals surface area contributed by atoms with Gasteiger partial charge in [0, 0.05) is 0 Å². The van der Waals surface area contributed by atoms with Crippen LogP contribution in [0.1, 0.15) is 5.56 Å². The summed E-state index contributed by atoms with van der Waals surface area (Å²) in [5.74, 6) is 0.530. The lowest BCUT2D eigenvalue weighted by Crippen LogP contribution is -1.93. The Hall–Kier alpha value is -0.870. The number of rotatable bonds is 1. The number of benzene rings is 1. The Kier molecular flexibility index (Phi) is 3.39. The summed E-state index contributed by atoms with van der Waals surface area (Å²) < 4.78 is 0. The predicted octanol–water partition coefficient (Wildman–Crippen LogP) is 5.63. The van der Waals surface area contributed by atoms with Gasteiger partial charge in [0.1, 0.15) is 5.15 Å². The quantitative estimate of drug-likeness (QED) is 0.541. The van der Waals surface area contributed by atoms with E-state index in [0.717, 1.165) is 16.0 Å². The summed E-state index contributed by atoms with van der Waals surface area (Å²) in [6.45, 7) is 1.96. The lowest BCUT2D eigenvalue weighted by Gasteiger charge is -2.07. The summed E-state index contributed by atoms with van der Waals surface area (Å²) in [6, 6.07) is 5.52. The van der Waals surface area contributed by atoms with Crippen LogP contribution in [0.4, 0.5) is 0 Å². The molecule has 0 bridgehead atoms. The first kappa shape index (κ1) is 13.1. The molecule has 0 fully saturated rings. The highest BCUT2D eigenvalue weighted by Crippen LogP contribution is 2.36. The van der Waals surface area contributed by atoms with Gasteiger partial charge in [-0.05, 0) is 30.0 Å². The van der Waals surface area contributed by atoms with Gasteiger partial charge in [0.25, 0.3) is 0 Å². The molecule has 0 N–H and O–H groups in total. The molecule has 0 amide bonds. The number of hydrogen-bond donors (Lipinski definition) is 0. The van der Waals surface area contributed by atoms with Crippen LogP contribution in [0.3, 0.4) is 0 Å². The first-order valence-electron chi connectivity index (χ1n) is 5.43. The fourth-order valence-electron chi connectivity index (χ4n) is 1.85. The van der Waals surface area contributed by atoms with Gasteiger partial charge >= 0.3 is 0 Å². The Bertz CT molecular complexity index is 783. The number of fused-ring (bicyclic) bond motifs is 1. The molecule has 0 saturated carbocycles. The minimum atomic E-state index is 0.346. The summed E-state index contributed by atoms with van der Waals surface area (Å²) in [4.78, 5) is 9.66. The third-order valence-electron chi connectivity index (χ3n) is 2.78. The zero-order valence-electron chi connectivity index (χ0n) is 9.75. The molecular weight excluding hydrogens is 323 g/mol. The topological polar surface area (TPSA) is 25.8 Å². The molecule has 2 nitrogen and oxygen atoms in total. The van der Waals surface area contributed by atoms with Crippen molar-refractivity contribution in [2.24, 2.45) is 0 Å². The van der Waals surface area contributed by atoms with Gasteiger partial charge in [-0.3, -0.25) is 0 Å². The standard InChI is InChI=1S/C13H7Cl3N2S/c1-6-2-3-7(14)9-10(6)17-13(18-12(9)16)11-8(15)4-5-19-11/h2-5H,1H3. The van der Waals surface area contributed by atoms with Crippen LogP contribution in [-0.4, -0.2) is 9.97 Å². The minimum Gasteiger partial charge on any atom is -0.227 e. The molecule has 19 heavy (non-hydrogen) atoms. The van der Waals surface area contributed by atoms with Crippen LogP contribution in [0.25, 0.3) is 21.6 Å². The maximum Gasteiger partial charge on any atom is 0.173 e. The van der Waals surface area contributed by atoms with Crippen LogP contribution in [0.2, 0.25) is 15.2 Å². The molecule has 0 unspecified atom stereocenters. The van der Waals surface area contributed by atoms with E-state index < -0.39 is 0 Å². The molecule has 0 atom stereocenters. The van der Waals surface area contributed by atoms with Gasteiger partial charge in [-0.15, -0.1) is 11.3 Å². The summed E-state index contributed by atoms with van der Waals surface area (Å²) in [5, 5.41) is 4.09. The minimum absolute atomic E-state index is 0.346. The second-order valence-corrected chi connectivity index (χ2v) is 6.11. The van der Waals surface area contributed by atoms with Crippen molar-refractivity contribution in [2.75, 3.05) is 0 Å². The number of thiophene rings is 1. The van der Waals surface area contributed by atoms with Crippen molar-refractivity contribution < 1.29 is 0 Å². The zero-order chi connectivity index (χ0) is 13.6. The van der Waals surface area contributed by atoms with Crippen LogP contribution in [0, 0.1) is 6.92 Å². The smallest absolute Gasteiger partial charge is 0.173 e. The third kappa shape index (κ3) is 2.21. The van der Waals surface area contributed by atoms with E-state index in [-0.39, 0.29) is 0 Å². The average Bonchev–Trinajstić information content (AvgIpc) is 2.79. The molecular formula is C13H7Cl3N2S. The zero-order valence-corrected chi connectivity index (χ0v) is 12.8. The van der Waals surface area contributed by atoms with Crippen molar-refractivity contribution in [1.82, 2.24) is 9.97 Å². The fourth-order valence-corrected chi connectivity index (χ4v) is 3.48. The number of aryl methyl sites for hydroxylation is 1. The van der Waals surface area contributed by atoms with E-state index in [1.807, 2.05) is 24.4 Å². The van der Waals surface area contributed by atoms with Crippen molar-refractivity contribution in [3.8, 4) is 10.7 Å². The lowest BCUT2D eigenvalue weighted by atomic mass is 10.1. The van der Waals surface area contributed by atoms with Crippen molar-refractivity contribution >= 4 is 57.0 Å². The molecule has 0 spiro atoms. The molecule has 6 heteroatoms. The van der Waals surface area contributed by atoms with Crippen LogP contribution in [0.5, 0.6) is 0 Å². The molecule has 0 saturated heterocycles. The number of nitrogens with zero attached hydrogens (tertiary/aromatic N) is 2. The highest BCUT2D eigenvalue weighted by molar-refractivity contribution is 7.14. The van der Waals surface area contributed by atoms with Crippen LogP contribution in [-0.2, 0) is 0 Å². The van der Waals surface area contributed by atoms with Crippen molar-refractivity contribution in [2.45, 2.75) is 6.92 Å². The average molecular weight is 330 g/mol. The molecule has 2 aromatic heterocycles. The molecule has 3 rings (SSSR count). The highest BCUT2D eigenvalue weighted by Gasteiger charge is 2.15. The molecule has 3 aromatic rings. The monoisotopic (exact) mass is 328 g/mol. The molecule has 0 aliphatic rings. The van der Waals surface area contributed by atoms with Crippen LogP contribution < -0.4 is 0 Å². The Morgan fingerprint density at radius 2 is 1.79 bits per heavy atom. The van der Waals surface area contributed by atoms with E-state index in [1.54, 1.807) is 6.07 Å². The number of aromatic nitrogens is 2. The molecule has 0 aliphatic carbocycles. The maximum atomic E-state index is 6.23.